The van der Waals surface area contributed by atoms with Crippen LogP contribution >= 0.6 is 0 Å². The maximum atomic E-state index is 13.1. The van der Waals surface area contributed by atoms with Crippen molar-refractivity contribution in [2.75, 3.05) is 13.2 Å². The first-order chi connectivity index (χ1) is 14.6. The molecule has 0 saturated carbocycles. The first-order valence-electron chi connectivity index (χ1n) is 9.13. The molecule has 0 N–H and O–H groups in total. The Balaban J connectivity index is 2.00. The molecule has 1 aromatic carbocycles. The number of carbonyl (C=O) groups excluding carboxylic acids is 3. The van der Waals surface area contributed by atoms with E-state index in [1.807, 2.05) is 0 Å². The van der Waals surface area contributed by atoms with E-state index in [-0.39, 0.29) is 42.9 Å². The number of halogens is 4. The van der Waals surface area contributed by atoms with Gasteiger partial charge in [-0.25, -0.2) is 19.0 Å². The fraction of sp³-hybridized carbons (Fsp3) is 0.300. The number of benzene rings is 1. The highest BCUT2D eigenvalue weighted by Gasteiger charge is 2.43. The Morgan fingerprint density at radius 3 is 2.48 bits per heavy atom. The van der Waals surface area contributed by atoms with Gasteiger partial charge in [0.2, 0.25) is 0 Å². The second kappa shape index (κ2) is 8.70. The molecule has 2 aromatic rings. The van der Waals surface area contributed by atoms with Gasteiger partial charge in [0.15, 0.2) is 11.4 Å². The van der Waals surface area contributed by atoms with E-state index >= 15 is 0 Å². The van der Waals surface area contributed by atoms with Gasteiger partial charge in [0, 0.05) is 18.7 Å². The van der Waals surface area contributed by atoms with Crippen LogP contribution in [0.25, 0.3) is 0 Å². The largest absolute Gasteiger partial charge is 0.491 e. The van der Waals surface area contributed by atoms with E-state index < -0.39 is 35.6 Å². The van der Waals surface area contributed by atoms with E-state index in [9.17, 15) is 31.9 Å². The van der Waals surface area contributed by atoms with Gasteiger partial charge in [-0.3, -0.25) is 4.79 Å². The summed E-state index contributed by atoms with van der Waals surface area (Å²) < 4.78 is 60.4. The number of esters is 2. The lowest BCUT2D eigenvalue weighted by atomic mass is 9.96. The predicted molar refractivity (Wildman–Crippen MR) is 96.7 cm³/mol. The molecule has 1 amide bonds. The van der Waals surface area contributed by atoms with Crippen molar-refractivity contribution in [3.8, 4) is 5.75 Å². The Morgan fingerprint density at radius 1 is 1.19 bits per heavy atom. The Morgan fingerprint density at radius 2 is 1.87 bits per heavy atom. The van der Waals surface area contributed by atoms with Crippen LogP contribution < -0.4 is 4.74 Å². The maximum absolute atomic E-state index is 13.1. The summed E-state index contributed by atoms with van der Waals surface area (Å²) in [6.45, 7) is 1.71. The minimum Gasteiger partial charge on any atom is -0.461 e. The Hall–Kier alpha value is -3.50. The SMILES string of the molecule is CCOC(=O)c1ncc(OC(=O)C(F)(F)F)c2c1CCN(Cc1ccc(F)cc1)C2=O. The third-order valence-corrected chi connectivity index (χ3v) is 4.47. The molecule has 1 aliphatic rings. The number of rotatable bonds is 5. The van der Waals surface area contributed by atoms with Gasteiger partial charge in [0.25, 0.3) is 5.91 Å². The lowest BCUT2D eigenvalue weighted by Crippen LogP contribution is -2.39. The topological polar surface area (TPSA) is 85.8 Å². The van der Waals surface area contributed by atoms with Gasteiger partial charge in [-0.2, -0.15) is 13.2 Å². The molecule has 1 aromatic heterocycles. The first kappa shape index (κ1) is 22.2. The van der Waals surface area contributed by atoms with Crippen LogP contribution in [0.5, 0.6) is 5.75 Å². The Kier molecular flexibility index (Phi) is 6.23. The molecule has 0 fully saturated rings. The van der Waals surface area contributed by atoms with Crippen molar-refractivity contribution >= 4 is 17.8 Å². The van der Waals surface area contributed by atoms with Crippen LogP contribution in [0.3, 0.4) is 0 Å². The quantitative estimate of drug-likeness (QED) is 0.525. The molecular formula is C20H16F4N2O5. The summed E-state index contributed by atoms with van der Waals surface area (Å²) in [5.41, 5.74) is 0.000411. The molecule has 0 spiro atoms. The summed E-state index contributed by atoms with van der Waals surface area (Å²) in [6, 6.07) is 5.33. The van der Waals surface area contributed by atoms with Gasteiger partial charge >= 0.3 is 18.1 Å². The van der Waals surface area contributed by atoms with Crippen LogP contribution in [-0.4, -0.2) is 47.1 Å². The predicted octanol–water partition coefficient (Wildman–Crippen LogP) is 3.06. The number of pyridine rings is 1. The number of fused-ring (bicyclic) bond motifs is 1. The number of ether oxygens (including phenoxy) is 2. The Bertz CT molecular complexity index is 1020. The second-order valence-corrected chi connectivity index (χ2v) is 6.54. The molecule has 0 bridgehead atoms. The molecule has 0 unspecified atom stereocenters. The fourth-order valence-electron chi connectivity index (χ4n) is 3.09. The Labute approximate surface area is 173 Å². The fourth-order valence-corrected chi connectivity index (χ4v) is 3.09. The second-order valence-electron chi connectivity index (χ2n) is 6.54. The van der Waals surface area contributed by atoms with Crippen molar-refractivity contribution in [2.45, 2.75) is 26.1 Å². The lowest BCUT2D eigenvalue weighted by molar-refractivity contribution is -0.189. The monoisotopic (exact) mass is 440 g/mol. The summed E-state index contributed by atoms with van der Waals surface area (Å²) in [7, 11) is 0. The molecule has 7 nitrogen and oxygen atoms in total. The van der Waals surface area contributed by atoms with Gasteiger partial charge in [-0.1, -0.05) is 12.1 Å². The van der Waals surface area contributed by atoms with Gasteiger partial charge in [-0.15, -0.1) is 0 Å². The van der Waals surface area contributed by atoms with Crippen LogP contribution in [0.2, 0.25) is 0 Å². The molecule has 0 atom stereocenters. The van der Waals surface area contributed by atoms with E-state index in [4.69, 9.17) is 4.74 Å². The third-order valence-electron chi connectivity index (χ3n) is 4.47. The van der Waals surface area contributed by atoms with E-state index in [2.05, 4.69) is 9.72 Å². The molecule has 164 valence electrons. The lowest BCUT2D eigenvalue weighted by Gasteiger charge is -2.30. The van der Waals surface area contributed by atoms with Crippen LogP contribution in [-0.2, 0) is 22.5 Å². The van der Waals surface area contributed by atoms with Crippen molar-refractivity contribution in [3.05, 3.63) is 58.7 Å². The highest BCUT2D eigenvalue weighted by Crippen LogP contribution is 2.32. The zero-order valence-electron chi connectivity index (χ0n) is 16.2. The zero-order chi connectivity index (χ0) is 22.8. The molecule has 0 saturated heterocycles. The highest BCUT2D eigenvalue weighted by atomic mass is 19.4. The number of carbonyl (C=O) groups is 3. The van der Waals surface area contributed by atoms with Crippen molar-refractivity contribution in [3.63, 3.8) is 0 Å². The number of alkyl halides is 3. The van der Waals surface area contributed by atoms with E-state index in [1.54, 1.807) is 6.92 Å². The standard InChI is InChI=1S/C20H16F4N2O5/c1-2-30-18(28)16-13-7-8-26(10-11-3-5-12(21)6-4-11)17(27)15(13)14(9-25-16)31-19(29)20(22,23)24/h3-6,9H,2,7-8,10H2,1H3. The minimum absolute atomic E-state index is 0.0186. The smallest absolute Gasteiger partial charge is 0.461 e. The van der Waals surface area contributed by atoms with Gasteiger partial charge in [0.1, 0.15) is 5.82 Å². The van der Waals surface area contributed by atoms with E-state index in [1.165, 1.54) is 29.2 Å². The normalized spacial score (nSPS) is 13.6. The van der Waals surface area contributed by atoms with Gasteiger partial charge < -0.3 is 14.4 Å². The molecule has 3 rings (SSSR count). The third kappa shape index (κ3) is 4.81. The van der Waals surface area contributed by atoms with E-state index in [0.717, 1.165) is 0 Å². The number of aromatic nitrogens is 1. The summed E-state index contributed by atoms with van der Waals surface area (Å²) in [5.74, 6) is -5.32. The number of nitrogens with zero attached hydrogens (tertiary/aromatic N) is 2. The number of hydrogen-bond donors (Lipinski definition) is 0. The van der Waals surface area contributed by atoms with Crippen molar-refractivity contribution < 1.29 is 41.4 Å². The summed E-state index contributed by atoms with van der Waals surface area (Å²) in [6.07, 6.45) is -4.52. The molecule has 0 radical (unpaired) electrons. The molecule has 31 heavy (non-hydrogen) atoms. The van der Waals surface area contributed by atoms with Crippen molar-refractivity contribution in [1.82, 2.24) is 9.88 Å². The van der Waals surface area contributed by atoms with Crippen molar-refractivity contribution in [1.29, 1.82) is 0 Å². The molecule has 11 heteroatoms. The number of hydrogen-bond acceptors (Lipinski definition) is 6. The average molecular weight is 440 g/mol. The van der Waals surface area contributed by atoms with Crippen LogP contribution in [0.1, 0.15) is 38.9 Å². The minimum atomic E-state index is -5.29. The number of amides is 1. The highest BCUT2D eigenvalue weighted by molar-refractivity contribution is 6.03. The average Bonchev–Trinajstić information content (AvgIpc) is 2.71. The summed E-state index contributed by atoms with van der Waals surface area (Å²) in [5, 5.41) is 0. The van der Waals surface area contributed by atoms with Crippen molar-refractivity contribution in [2.24, 2.45) is 0 Å². The summed E-state index contributed by atoms with van der Waals surface area (Å²) >= 11 is 0. The van der Waals surface area contributed by atoms with Crippen LogP contribution in [0.15, 0.2) is 30.5 Å². The van der Waals surface area contributed by atoms with E-state index in [0.29, 0.717) is 11.8 Å². The van der Waals surface area contributed by atoms with Gasteiger partial charge in [-0.05, 0) is 31.0 Å². The maximum Gasteiger partial charge on any atom is 0.491 e. The summed E-state index contributed by atoms with van der Waals surface area (Å²) in [4.78, 5) is 41.6. The molecular weight excluding hydrogens is 424 g/mol. The molecule has 1 aliphatic heterocycles. The molecule has 2 heterocycles. The van der Waals surface area contributed by atoms with Crippen LogP contribution in [0.4, 0.5) is 17.6 Å². The van der Waals surface area contributed by atoms with Crippen LogP contribution in [0, 0.1) is 5.82 Å². The molecule has 0 aliphatic carbocycles. The zero-order valence-corrected chi connectivity index (χ0v) is 16.2. The first-order valence-corrected chi connectivity index (χ1v) is 9.13. The van der Waals surface area contributed by atoms with Gasteiger partial charge in [0.05, 0.1) is 18.4 Å².